The van der Waals surface area contributed by atoms with Crippen LogP contribution >= 0.6 is 11.5 Å². The van der Waals surface area contributed by atoms with Crippen LogP contribution in [0.2, 0.25) is 0 Å². The summed E-state index contributed by atoms with van der Waals surface area (Å²) in [6.45, 7) is 1.53. The minimum absolute atomic E-state index is 0.0258. The van der Waals surface area contributed by atoms with Crippen molar-refractivity contribution in [2.45, 2.75) is 18.9 Å². The number of benzene rings is 1. The van der Waals surface area contributed by atoms with Crippen LogP contribution in [0.25, 0.3) is 0 Å². The van der Waals surface area contributed by atoms with Gasteiger partial charge in [0.25, 0.3) is 0 Å². The zero-order valence-corrected chi connectivity index (χ0v) is 12.6. The smallest absolute Gasteiger partial charge is 0.320 e. The monoisotopic (exact) mass is 321 g/mol. The summed E-state index contributed by atoms with van der Waals surface area (Å²) in [7, 11) is 0. The predicted octanol–water partition coefficient (Wildman–Crippen LogP) is 2.47. The number of nitrogens with one attached hydrogen (secondary N) is 2. The molecule has 1 aliphatic heterocycles. The summed E-state index contributed by atoms with van der Waals surface area (Å²) in [4.78, 5) is 14.0. The van der Waals surface area contributed by atoms with E-state index in [0.717, 1.165) is 36.6 Å². The second kappa shape index (κ2) is 6.69. The molecule has 2 heterocycles. The normalized spacial score (nSPS) is 18.0. The summed E-state index contributed by atoms with van der Waals surface area (Å²) >= 11 is 1.13. The highest BCUT2D eigenvalue weighted by Gasteiger charge is 2.22. The third-order valence-electron chi connectivity index (χ3n) is 3.53. The standard InChI is InChI=1S/C14H16FN5OS/c15-10-3-1-5-12(7-10)20-6-2-4-11(9-20)17-14(21)18-13-8-16-19-22-13/h1,3,5,7-8,11H,2,4,6,9H2,(H2,17,18,21). The number of carbonyl (C=O) groups is 1. The van der Waals surface area contributed by atoms with Crippen LogP contribution in [-0.2, 0) is 0 Å². The van der Waals surface area contributed by atoms with Gasteiger partial charge in [0.05, 0.1) is 6.20 Å². The molecule has 2 N–H and O–H groups in total. The van der Waals surface area contributed by atoms with Crippen molar-refractivity contribution in [1.29, 1.82) is 0 Å². The van der Waals surface area contributed by atoms with E-state index in [1.807, 2.05) is 6.07 Å². The van der Waals surface area contributed by atoms with E-state index in [2.05, 4.69) is 25.1 Å². The topological polar surface area (TPSA) is 70.1 Å². The fourth-order valence-electron chi connectivity index (χ4n) is 2.56. The van der Waals surface area contributed by atoms with Crippen molar-refractivity contribution in [3.05, 3.63) is 36.3 Å². The first-order chi connectivity index (χ1) is 10.7. The van der Waals surface area contributed by atoms with Gasteiger partial charge < -0.3 is 10.2 Å². The number of carbonyl (C=O) groups excluding carboxylic acids is 1. The van der Waals surface area contributed by atoms with Crippen LogP contribution in [-0.4, -0.2) is 34.7 Å². The Kier molecular flexibility index (Phi) is 4.47. The SMILES string of the molecule is O=C(Nc1cnns1)NC1CCCN(c2cccc(F)c2)C1. The average Bonchev–Trinajstić information content (AvgIpc) is 3.00. The lowest BCUT2D eigenvalue weighted by Crippen LogP contribution is -2.49. The van der Waals surface area contributed by atoms with E-state index in [1.165, 1.54) is 18.3 Å². The summed E-state index contributed by atoms with van der Waals surface area (Å²) in [6.07, 6.45) is 3.36. The van der Waals surface area contributed by atoms with E-state index in [-0.39, 0.29) is 17.9 Å². The van der Waals surface area contributed by atoms with Crippen molar-refractivity contribution < 1.29 is 9.18 Å². The number of piperidine rings is 1. The second-order valence-electron chi connectivity index (χ2n) is 5.15. The molecule has 0 bridgehead atoms. The van der Waals surface area contributed by atoms with Crippen molar-refractivity contribution >= 4 is 28.3 Å². The van der Waals surface area contributed by atoms with Gasteiger partial charge in [0.2, 0.25) is 0 Å². The maximum atomic E-state index is 13.3. The van der Waals surface area contributed by atoms with Gasteiger partial charge in [-0.1, -0.05) is 10.6 Å². The largest absolute Gasteiger partial charge is 0.369 e. The molecule has 1 aliphatic rings. The van der Waals surface area contributed by atoms with E-state index < -0.39 is 0 Å². The Labute approximate surface area is 131 Å². The van der Waals surface area contributed by atoms with E-state index >= 15 is 0 Å². The van der Waals surface area contributed by atoms with Gasteiger partial charge in [0.15, 0.2) is 0 Å². The molecular formula is C14H16FN5OS. The van der Waals surface area contributed by atoms with E-state index in [4.69, 9.17) is 0 Å². The number of rotatable bonds is 3. The highest BCUT2D eigenvalue weighted by atomic mass is 32.1. The van der Waals surface area contributed by atoms with E-state index in [9.17, 15) is 9.18 Å². The van der Waals surface area contributed by atoms with Crippen LogP contribution in [0.3, 0.4) is 0 Å². The summed E-state index contributed by atoms with van der Waals surface area (Å²) in [5.41, 5.74) is 0.846. The molecule has 0 aliphatic carbocycles. The Bertz CT molecular complexity index is 636. The minimum Gasteiger partial charge on any atom is -0.369 e. The molecule has 1 unspecified atom stereocenters. The lowest BCUT2D eigenvalue weighted by molar-refractivity contribution is 0.246. The fourth-order valence-corrected chi connectivity index (χ4v) is 2.97. The molecule has 116 valence electrons. The summed E-state index contributed by atoms with van der Waals surface area (Å²) in [6, 6.07) is 6.29. The third kappa shape index (κ3) is 3.70. The molecule has 0 radical (unpaired) electrons. The lowest BCUT2D eigenvalue weighted by atomic mass is 10.1. The third-order valence-corrected chi connectivity index (χ3v) is 4.11. The number of urea groups is 1. The molecule has 2 amide bonds. The first-order valence-corrected chi connectivity index (χ1v) is 7.83. The molecule has 2 aromatic rings. The fraction of sp³-hybridized carbons (Fsp3) is 0.357. The molecule has 1 atom stereocenters. The molecule has 8 heteroatoms. The quantitative estimate of drug-likeness (QED) is 0.911. The van der Waals surface area contributed by atoms with Gasteiger partial charge in [-0.2, -0.15) is 0 Å². The first-order valence-electron chi connectivity index (χ1n) is 7.06. The molecule has 22 heavy (non-hydrogen) atoms. The maximum Gasteiger partial charge on any atom is 0.320 e. The highest BCUT2D eigenvalue weighted by Crippen LogP contribution is 2.21. The number of aromatic nitrogens is 2. The minimum atomic E-state index is -0.267. The van der Waals surface area contributed by atoms with Gasteiger partial charge in [0, 0.05) is 36.4 Å². The van der Waals surface area contributed by atoms with Crippen molar-refractivity contribution in [1.82, 2.24) is 14.9 Å². The molecule has 1 fully saturated rings. The Morgan fingerprint density at radius 2 is 2.36 bits per heavy atom. The summed E-state index contributed by atoms with van der Waals surface area (Å²) in [5, 5.41) is 9.91. The van der Waals surface area contributed by atoms with Crippen LogP contribution < -0.4 is 15.5 Å². The summed E-state index contributed by atoms with van der Waals surface area (Å²) < 4.78 is 17.0. The Morgan fingerprint density at radius 1 is 1.45 bits per heavy atom. The van der Waals surface area contributed by atoms with Crippen molar-refractivity contribution in [3.63, 3.8) is 0 Å². The van der Waals surface area contributed by atoms with E-state index in [0.29, 0.717) is 11.5 Å². The van der Waals surface area contributed by atoms with E-state index in [1.54, 1.807) is 6.07 Å². The van der Waals surface area contributed by atoms with Gasteiger partial charge >= 0.3 is 6.03 Å². The predicted molar refractivity (Wildman–Crippen MR) is 83.7 cm³/mol. The Morgan fingerprint density at radius 3 is 3.14 bits per heavy atom. The highest BCUT2D eigenvalue weighted by molar-refractivity contribution is 7.10. The van der Waals surface area contributed by atoms with Crippen LogP contribution in [0.1, 0.15) is 12.8 Å². The van der Waals surface area contributed by atoms with Crippen LogP contribution in [0, 0.1) is 5.82 Å². The van der Waals surface area contributed by atoms with Crippen LogP contribution in [0.5, 0.6) is 0 Å². The number of hydrogen-bond donors (Lipinski definition) is 2. The van der Waals surface area contributed by atoms with Gasteiger partial charge in [-0.3, -0.25) is 5.32 Å². The van der Waals surface area contributed by atoms with Gasteiger partial charge in [-0.05, 0) is 31.0 Å². The van der Waals surface area contributed by atoms with Crippen LogP contribution in [0.4, 0.5) is 19.9 Å². The molecule has 3 rings (SSSR count). The number of anilines is 2. The first kappa shape index (κ1) is 14.7. The van der Waals surface area contributed by atoms with Gasteiger partial charge in [-0.15, -0.1) is 5.10 Å². The van der Waals surface area contributed by atoms with Gasteiger partial charge in [0.1, 0.15) is 10.8 Å². The molecular weight excluding hydrogens is 305 g/mol. The average molecular weight is 321 g/mol. The zero-order chi connectivity index (χ0) is 15.4. The maximum absolute atomic E-state index is 13.3. The van der Waals surface area contributed by atoms with Crippen molar-refractivity contribution in [2.24, 2.45) is 0 Å². The molecule has 1 aromatic heterocycles. The molecule has 6 nitrogen and oxygen atoms in total. The molecule has 1 saturated heterocycles. The lowest BCUT2D eigenvalue weighted by Gasteiger charge is -2.34. The Balaban J connectivity index is 1.57. The second-order valence-corrected chi connectivity index (χ2v) is 5.93. The molecule has 0 spiro atoms. The number of hydrogen-bond acceptors (Lipinski definition) is 5. The molecule has 1 aromatic carbocycles. The Hall–Kier alpha value is -2.22. The van der Waals surface area contributed by atoms with Crippen molar-refractivity contribution in [2.75, 3.05) is 23.3 Å². The summed E-state index contributed by atoms with van der Waals surface area (Å²) in [5.74, 6) is -0.247. The number of amides is 2. The number of halogens is 1. The van der Waals surface area contributed by atoms with Crippen molar-refractivity contribution in [3.8, 4) is 0 Å². The zero-order valence-electron chi connectivity index (χ0n) is 11.8. The van der Waals surface area contributed by atoms with Gasteiger partial charge in [-0.25, -0.2) is 9.18 Å². The molecule has 0 saturated carbocycles. The number of nitrogens with zero attached hydrogens (tertiary/aromatic N) is 3. The van der Waals surface area contributed by atoms with Crippen LogP contribution in [0.15, 0.2) is 30.5 Å².